The largest absolute Gasteiger partial charge is 0.268 e. The maximum Gasteiger partial charge on any atom is 0.268 e. The predicted molar refractivity (Wildman–Crippen MR) is 63.1 cm³/mol. The van der Waals surface area contributed by atoms with Gasteiger partial charge in [0.05, 0.1) is 5.56 Å². The predicted octanol–water partition coefficient (Wildman–Crippen LogP) is 1.42. The molecule has 4 nitrogen and oxygen atoms in total. The molecule has 0 fully saturated rings. The Morgan fingerprint density at radius 3 is 2.82 bits per heavy atom. The average Bonchev–Trinajstić information content (AvgIpc) is 2.51. The van der Waals surface area contributed by atoms with Gasteiger partial charge in [0.1, 0.15) is 4.90 Å². The van der Waals surface area contributed by atoms with E-state index in [1.807, 2.05) is 18.2 Å². The minimum atomic E-state index is -3.63. The van der Waals surface area contributed by atoms with Gasteiger partial charge in [-0.3, -0.25) is 4.79 Å². The van der Waals surface area contributed by atoms with E-state index in [4.69, 9.17) is 0 Å². The third kappa shape index (κ3) is 1.23. The van der Waals surface area contributed by atoms with Crippen LogP contribution in [0.2, 0.25) is 0 Å². The van der Waals surface area contributed by atoms with Gasteiger partial charge in [0, 0.05) is 7.05 Å². The number of hydrogen-bond donors (Lipinski definition) is 0. The van der Waals surface area contributed by atoms with E-state index in [-0.39, 0.29) is 4.90 Å². The summed E-state index contributed by atoms with van der Waals surface area (Å²) in [6.45, 7) is 0. The van der Waals surface area contributed by atoms with Crippen LogP contribution in [0.5, 0.6) is 0 Å². The molecule has 0 spiro atoms. The number of hydrogen-bond acceptors (Lipinski definition) is 3. The zero-order valence-corrected chi connectivity index (χ0v) is 10.1. The summed E-state index contributed by atoms with van der Waals surface area (Å²) in [5.74, 6) is -0.433. The van der Waals surface area contributed by atoms with E-state index in [0.29, 0.717) is 12.0 Å². The second-order valence-electron chi connectivity index (χ2n) is 4.23. The van der Waals surface area contributed by atoms with Gasteiger partial charge in [-0.05, 0) is 30.0 Å². The van der Waals surface area contributed by atoms with E-state index < -0.39 is 15.9 Å². The molecule has 0 saturated heterocycles. The van der Waals surface area contributed by atoms with Crippen LogP contribution in [0.1, 0.15) is 27.9 Å². The molecule has 1 aromatic rings. The van der Waals surface area contributed by atoms with E-state index in [9.17, 15) is 13.2 Å². The van der Waals surface area contributed by atoms with Crippen LogP contribution >= 0.6 is 0 Å². The first-order valence-corrected chi connectivity index (χ1v) is 6.83. The molecular weight excluding hydrogens is 238 g/mol. The fourth-order valence-electron chi connectivity index (χ4n) is 2.37. The van der Waals surface area contributed by atoms with E-state index in [1.165, 1.54) is 7.05 Å². The SMILES string of the molecule is CN1C(=O)c2ccc3c(c2S1(=O)=O)CCC=C3. The van der Waals surface area contributed by atoms with Crippen LogP contribution in [0.25, 0.3) is 6.08 Å². The molecule has 1 heterocycles. The highest BCUT2D eigenvalue weighted by molar-refractivity contribution is 7.90. The number of benzene rings is 1. The van der Waals surface area contributed by atoms with Crippen molar-refractivity contribution in [3.63, 3.8) is 0 Å². The molecule has 2 aliphatic rings. The molecule has 0 radical (unpaired) electrons. The van der Waals surface area contributed by atoms with Gasteiger partial charge in [0.25, 0.3) is 15.9 Å². The molecule has 0 N–H and O–H groups in total. The first-order valence-electron chi connectivity index (χ1n) is 5.39. The third-order valence-corrected chi connectivity index (χ3v) is 5.16. The molecule has 0 aromatic heterocycles. The van der Waals surface area contributed by atoms with Crippen LogP contribution in [0, 0.1) is 0 Å². The molecule has 88 valence electrons. The third-order valence-electron chi connectivity index (χ3n) is 3.29. The van der Waals surface area contributed by atoms with Crippen molar-refractivity contribution < 1.29 is 13.2 Å². The summed E-state index contributed by atoms with van der Waals surface area (Å²) in [6, 6.07) is 3.42. The smallest absolute Gasteiger partial charge is 0.268 e. The van der Waals surface area contributed by atoms with E-state index in [0.717, 1.165) is 21.9 Å². The van der Waals surface area contributed by atoms with Gasteiger partial charge < -0.3 is 0 Å². The Morgan fingerprint density at radius 1 is 1.29 bits per heavy atom. The lowest BCUT2D eigenvalue weighted by Gasteiger charge is -2.14. The molecule has 0 unspecified atom stereocenters. The summed E-state index contributed by atoms with van der Waals surface area (Å²) in [7, 11) is -2.32. The van der Waals surface area contributed by atoms with Crippen molar-refractivity contribution in [2.45, 2.75) is 17.7 Å². The number of allylic oxidation sites excluding steroid dienone is 1. The number of rotatable bonds is 0. The van der Waals surface area contributed by atoms with Crippen LogP contribution < -0.4 is 0 Å². The van der Waals surface area contributed by atoms with Gasteiger partial charge in [0.15, 0.2) is 0 Å². The van der Waals surface area contributed by atoms with Crippen LogP contribution in [-0.2, 0) is 16.4 Å². The molecule has 3 rings (SSSR count). The van der Waals surface area contributed by atoms with Crippen LogP contribution in [0.15, 0.2) is 23.1 Å². The normalized spacial score (nSPS) is 20.3. The van der Waals surface area contributed by atoms with Crippen molar-refractivity contribution in [2.24, 2.45) is 0 Å². The minimum Gasteiger partial charge on any atom is -0.268 e. The summed E-state index contributed by atoms with van der Waals surface area (Å²) < 4.78 is 25.1. The summed E-state index contributed by atoms with van der Waals surface area (Å²) in [4.78, 5) is 12.0. The zero-order valence-electron chi connectivity index (χ0n) is 9.30. The van der Waals surface area contributed by atoms with Crippen molar-refractivity contribution in [2.75, 3.05) is 7.05 Å². The Hall–Kier alpha value is -1.62. The molecule has 1 aliphatic heterocycles. The first-order chi connectivity index (χ1) is 8.03. The average molecular weight is 249 g/mol. The Labute approximate surface area is 99.6 Å². The van der Waals surface area contributed by atoms with E-state index in [2.05, 4.69) is 0 Å². The summed E-state index contributed by atoms with van der Waals surface area (Å²) >= 11 is 0. The highest BCUT2D eigenvalue weighted by Gasteiger charge is 2.41. The zero-order chi connectivity index (χ0) is 12.2. The first kappa shape index (κ1) is 10.5. The number of carbonyl (C=O) groups is 1. The second-order valence-corrected chi connectivity index (χ2v) is 6.13. The molecule has 1 aliphatic carbocycles. The maximum atomic E-state index is 12.1. The van der Waals surface area contributed by atoms with Gasteiger partial charge in [-0.2, -0.15) is 0 Å². The molecule has 5 heteroatoms. The van der Waals surface area contributed by atoms with Gasteiger partial charge >= 0.3 is 0 Å². The number of fused-ring (bicyclic) bond motifs is 3. The lowest BCUT2D eigenvalue weighted by molar-refractivity contribution is 0.0891. The van der Waals surface area contributed by atoms with Crippen LogP contribution in [-0.4, -0.2) is 25.7 Å². The van der Waals surface area contributed by atoms with E-state index in [1.54, 1.807) is 6.07 Å². The molecule has 0 saturated carbocycles. The summed E-state index contributed by atoms with van der Waals surface area (Å²) in [5.41, 5.74) is 1.99. The standard InChI is InChI=1S/C12H11NO3S/c1-13-12(14)10-7-6-8-4-2-3-5-9(8)11(10)17(13,15)16/h2,4,6-7H,3,5H2,1H3. The minimum absolute atomic E-state index is 0.215. The highest BCUT2D eigenvalue weighted by Crippen LogP contribution is 2.36. The number of sulfonamides is 1. The fourth-order valence-corrected chi connectivity index (χ4v) is 3.93. The Kier molecular flexibility index (Phi) is 1.98. The number of amides is 1. The van der Waals surface area contributed by atoms with Gasteiger partial charge in [-0.15, -0.1) is 0 Å². The Bertz CT molecular complexity index is 659. The van der Waals surface area contributed by atoms with Crippen LogP contribution in [0.3, 0.4) is 0 Å². The van der Waals surface area contributed by atoms with Gasteiger partial charge in [-0.1, -0.05) is 18.2 Å². The fraction of sp³-hybridized carbons (Fsp3) is 0.250. The lowest BCUT2D eigenvalue weighted by atomic mass is 9.95. The lowest BCUT2D eigenvalue weighted by Crippen LogP contribution is -2.25. The maximum absolute atomic E-state index is 12.1. The molecule has 0 bridgehead atoms. The van der Waals surface area contributed by atoms with Crippen molar-refractivity contribution in [1.29, 1.82) is 0 Å². The number of nitrogens with zero attached hydrogens (tertiary/aromatic N) is 1. The Morgan fingerprint density at radius 2 is 2.06 bits per heavy atom. The summed E-state index contributed by atoms with van der Waals surface area (Å²) in [5, 5.41) is 0. The second kappa shape index (κ2) is 3.20. The highest BCUT2D eigenvalue weighted by atomic mass is 32.2. The molecule has 0 atom stereocenters. The van der Waals surface area contributed by atoms with Crippen molar-refractivity contribution in [1.82, 2.24) is 4.31 Å². The molecule has 17 heavy (non-hydrogen) atoms. The van der Waals surface area contributed by atoms with Gasteiger partial charge in [0.2, 0.25) is 0 Å². The summed E-state index contributed by atoms with van der Waals surface area (Å²) in [6.07, 6.45) is 5.42. The molecular formula is C12H11NO3S. The molecule has 1 aromatic carbocycles. The Balaban J connectivity index is 2.41. The van der Waals surface area contributed by atoms with Crippen molar-refractivity contribution in [3.05, 3.63) is 34.9 Å². The van der Waals surface area contributed by atoms with Gasteiger partial charge in [-0.25, -0.2) is 12.7 Å². The quantitative estimate of drug-likeness (QED) is 0.698. The topological polar surface area (TPSA) is 54.5 Å². The van der Waals surface area contributed by atoms with Crippen LogP contribution in [0.4, 0.5) is 0 Å². The monoisotopic (exact) mass is 249 g/mol. The number of carbonyl (C=O) groups excluding carboxylic acids is 1. The van der Waals surface area contributed by atoms with Crippen molar-refractivity contribution in [3.8, 4) is 0 Å². The van der Waals surface area contributed by atoms with E-state index >= 15 is 0 Å². The molecule has 1 amide bonds. The van der Waals surface area contributed by atoms with Crippen molar-refractivity contribution >= 4 is 22.0 Å².